The third kappa shape index (κ3) is 3.81. The Morgan fingerprint density at radius 2 is 2.06 bits per heavy atom. The molecule has 0 radical (unpaired) electrons. The molecule has 10 heteroatoms. The number of rotatable bonds is 3. The van der Waals surface area contributed by atoms with Crippen molar-refractivity contribution in [2.45, 2.75) is 45.4 Å². The number of urea groups is 1. The fourth-order valence-corrected chi connectivity index (χ4v) is 6.47. The molecular weight excluding hydrogens is 464 g/mol. The summed E-state index contributed by atoms with van der Waals surface area (Å²) in [5, 5.41) is 4.53. The normalized spacial score (nSPS) is 21.2. The fourth-order valence-electron chi connectivity index (χ4n) is 5.26. The molecule has 2 amide bonds. The lowest BCUT2D eigenvalue weighted by atomic mass is 10.0. The number of anilines is 2. The molecule has 1 N–H and O–H groups in total. The van der Waals surface area contributed by atoms with Crippen molar-refractivity contribution in [1.29, 1.82) is 0 Å². The van der Waals surface area contributed by atoms with Gasteiger partial charge in [-0.05, 0) is 49.1 Å². The second-order valence-electron chi connectivity index (χ2n) is 9.35. The number of amides is 2. The molecule has 5 heterocycles. The van der Waals surface area contributed by atoms with Crippen LogP contribution in [-0.4, -0.2) is 71.0 Å². The molecule has 3 aliphatic rings. The summed E-state index contributed by atoms with van der Waals surface area (Å²) in [6, 6.07) is 4.32. The zero-order valence-corrected chi connectivity index (χ0v) is 20.9. The summed E-state index contributed by atoms with van der Waals surface area (Å²) >= 11 is 1.64. The Balaban J connectivity index is 1.31. The third-order valence-electron chi connectivity index (χ3n) is 7.00. The molecule has 3 aromatic rings. The van der Waals surface area contributed by atoms with Crippen molar-refractivity contribution in [2.24, 2.45) is 4.99 Å². The Morgan fingerprint density at radius 1 is 1.23 bits per heavy atom. The van der Waals surface area contributed by atoms with Crippen LogP contribution in [0.2, 0.25) is 0 Å². The van der Waals surface area contributed by atoms with Crippen LogP contribution in [0.25, 0.3) is 10.2 Å². The minimum atomic E-state index is 0.0732. The van der Waals surface area contributed by atoms with Crippen molar-refractivity contribution in [3.8, 4) is 5.75 Å². The molecule has 1 saturated heterocycles. The van der Waals surface area contributed by atoms with Crippen molar-refractivity contribution in [2.75, 3.05) is 32.2 Å². The SMILES string of the molecule is COc1cc2c(cc1Nc1ncnc3sc4c(c13)CCN(C(=O)N1[C@H](C)COC[C@H]1C)C4)C=NC2. The number of benzene rings is 1. The van der Waals surface area contributed by atoms with E-state index >= 15 is 0 Å². The second kappa shape index (κ2) is 8.76. The van der Waals surface area contributed by atoms with Crippen LogP contribution in [0.1, 0.15) is 35.4 Å². The molecular formula is C25H28N6O3S. The molecule has 35 heavy (non-hydrogen) atoms. The minimum Gasteiger partial charge on any atom is -0.495 e. The predicted molar refractivity (Wildman–Crippen MR) is 136 cm³/mol. The quantitative estimate of drug-likeness (QED) is 0.595. The number of aliphatic imine (C=N–C) groups is 1. The van der Waals surface area contributed by atoms with Crippen LogP contribution in [0.5, 0.6) is 5.75 Å². The van der Waals surface area contributed by atoms with Gasteiger partial charge in [-0.15, -0.1) is 11.3 Å². The van der Waals surface area contributed by atoms with Crippen LogP contribution in [0.3, 0.4) is 0 Å². The molecule has 182 valence electrons. The Morgan fingerprint density at radius 3 is 2.86 bits per heavy atom. The predicted octanol–water partition coefficient (Wildman–Crippen LogP) is 3.96. The highest BCUT2D eigenvalue weighted by Crippen LogP contribution is 2.40. The highest BCUT2D eigenvalue weighted by molar-refractivity contribution is 7.19. The van der Waals surface area contributed by atoms with Crippen molar-refractivity contribution in [3.05, 3.63) is 40.0 Å². The van der Waals surface area contributed by atoms with E-state index in [9.17, 15) is 4.79 Å². The number of fused-ring (bicyclic) bond motifs is 4. The summed E-state index contributed by atoms with van der Waals surface area (Å²) in [7, 11) is 1.67. The average molecular weight is 493 g/mol. The second-order valence-corrected chi connectivity index (χ2v) is 10.4. The Labute approximate surface area is 207 Å². The first-order valence-electron chi connectivity index (χ1n) is 11.9. The van der Waals surface area contributed by atoms with Crippen molar-refractivity contribution < 1.29 is 14.3 Å². The van der Waals surface area contributed by atoms with E-state index in [1.165, 1.54) is 10.4 Å². The van der Waals surface area contributed by atoms with Gasteiger partial charge in [0.15, 0.2) is 0 Å². The van der Waals surface area contributed by atoms with E-state index in [1.54, 1.807) is 24.8 Å². The lowest BCUT2D eigenvalue weighted by Gasteiger charge is -2.42. The maximum atomic E-state index is 13.4. The van der Waals surface area contributed by atoms with E-state index in [0.29, 0.717) is 32.8 Å². The minimum absolute atomic E-state index is 0.0732. The number of carbonyl (C=O) groups is 1. The molecule has 3 aliphatic heterocycles. The van der Waals surface area contributed by atoms with Gasteiger partial charge in [0, 0.05) is 17.6 Å². The lowest BCUT2D eigenvalue weighted by Crippen LogP contribution is -2.57. The number of ether oxygens (including phenoxy) is 2. The van der Waals surface area contributed by atoms with Gasteiger partial charge in [0.25, 0.3) is 0 Å². The van der Waals surface area contributed by atoms with E-state index < -0.39 is 0 Å². The van der Waals surface area contributed by atoms with Crippen molar-refractivity contribution in [3.63, 3.8) is 0 Å². The number of methoxy groups -OCH3 is 1. The summed E-state index contributed by atoms with van der Waals surface area (Å²) in [5.74, 6) is 1.52. The largest absolute Gasteiger partial charge is 0.495 e. The van der Waals surface area contributed by atoms with Crippen molar-refractivity contribution >= 4 is 45.3 Å². The van der Waals surface area contributed by atoms with E-state index in [2.05, 4.69) is 40.2 Å². The molecule has 0 spiro atoms. The highest BCUT2D eigenvalue weighted by Gasteiger charge is 2.35. The maximum Gasteiger partial charge on any atom is 0.320 e. The molecule has 2 aromatic heterocycles. The van der Waals surface area contributed by atoms with Gasteiger partial charge in [-0.2, -0.15) is 0 Å². The highest BCUT2D eigenvalue weighted by atomic mass is 32.1. The number of carbonyl (C=O) groups excluding carboxylic acids is 1. The van der Waals surface area contributed by atoms with E-state index in [1.807, 2.05) is 22.1 Å². The standard InChI is InChI=1S/C25H28N6O3S/c1-14-11-34-12-15(2)31(14)25(32)30-5-4-18-21(10-30)35-24-22(18)23(27-13-28-24)29-19-6-16-8-26-9-17(16)7-20(19)33-3/h6-8,13-15H,4-5,9-12H2,1-3H3,(H,27,28,29)/t14-,15-/m1/s1. The molecule has 0 saturated carbocycles. The molecule has 0 unspecified atom stereocenters. The zero-order chi connectivity index (χ0) is 24.1. The first kappa shape index (κ1) is 22.2. The maximum absolute atomic E-state index is 13.4. The summed E-state index contributed by atoms with van der Waals surface area (Å²) < 4.78 is 11.3. The molecule has 9 nitrogen and oxygen atoms in total. The van der Waals surface area contributed by atoms with Gasteiger partial charge in [-0.1, -0.05) is 0 Å². The number of hydrogen-bond acceptors (Lipinski definition) is 8. The van der Waals surface area contributed by atoms with Gasteiger partial charge >= 0.3 is 6.03 Å². The molecule has 1 aromatic carbocycles. The average Bonchev–Trinajstić information content (AvgIpc) is 3.47. The fraction of sp³-hybridized carbons (Fsp3) is 0.440. The molecule has 6 rings (SSSR count). The van der Waals surface area contributed by atoms with E-state index in [4.69, 9.17) is 9.47 Å². The summed E-state index contributed by atoms with van der Waals surface area (Å²) in [6.45, 7) is 7.20. The van der Waals surface area contributed by atoms with Crippen LogP contribution in [-0.2, 0) is 24.2 Å². The number of nitrogens with one attached hydrogen (secondary N) is 1. The number of hydrogen-bond donors (Lipinski definition) is 1. The summed E-state index contributed by atoms with van der Waals surface area (Å²) in [5.41, 5.74) is 4.32. The first-order chi connectivity index (χ1) is 17.0. The van der Waals surface area contributed by atoms with Crippen LogP contribution in [0.4, 0.5) is 16.3 Å². The number of thiophene rings is 1. The van der Waals surface area contributed by atoms with Crippen LogP contribution in [0, 0.1) is 0 Å². The molecule has 0 bridgehead atoms. The van der Waals surface area contributed by atoms with Crippen molar-refractivity contribution in [1.82, 2.24) is 19.8 Å². The number of aromatic nitrogens is 2. The zero-order valence-electron chi connectivity index (χ0n) is 20.1. The molecule has 1 fully saturated rings. The Kier molecular flexibility index (Phi) is 5.57. The topological polar surface area (TPSA) is 92.2 Å². The number of nitrogens with zero attached hydrogens (tertiary/aromatic N) is 5. The summed E-state index contributed by atoms with van der Waals surface area (Å²) in [4.78, 5) is 32.9. The lowest BCUT2D eigenvalue weighted by molar-refractivity contribution is -0.0226. The third-order valence-corrected chi connectivity index (χ3v) is 8.13. The van der Waals surface area contributed by atoms with Gasteiger partial charge in [0.05, 0.1) is 56.6 Å². The van der Waals surface area contributed by atoms with Gasteiger partial charge in [0.2, 0.25) is 0 Å². The monoisotopic (exact) mass is 492 g/mol. The molecule has 0 aliphatic carbocycles. The van der Waals surface area contributed by atoms with Gasteiger partial charge < -0.3 is 24.6 Å². The van der Waals surface area contributed by atoms with Crippen LogP contribution >= 0.6 is 11.3 Å². The van der Waals surface area contributed by atoms with E-state index in [-0.39, 0.29) is 18.1 Å². The molecule has 2 atom stereocenters. The Hall–Kier alpha value is -3.24. The van der Waals surface area contributed by atoms with Crippen LogP contribution in [0.15, 0.2) is 23.5 Å². The Bertz CT molecular complexity index is 1330. The van der Waals surface area contributed by atoms with E-state index in [0.717, 1.165) is 45.0 Å². The summed E-state index contributed by atoms with van der Waals surface area (Å²) in [6.07, 6.45) is 4.25. The smallest absolute Gasteiger partial charge is 0.320 e. The van der Waals surface area contributed by atoms with Crippen LogP contribution < -0.4 is 10.1 Å². The van der Waals surface area contributed by atoms with Gasteiger partial charge in [0.1, 0.15) is 22.7 Å². The number of morpholine rings is 1. The van der Waals surface area contributed by atoms with Gasteiger partial charge in [-0.3, -0.25) is 4.99 Å². The van der Waals surface area contributed by atoms with Gasteiger partial charge in [-0.25, -0.2) is 14.8 Å². The first-order valence-corrected chi connectivity index (χ1v) is 12.7.